The van der Waals surface area contributed by atoms with Crippen molar-refractivity contribution in [2.75, 3.05) is 13.9 Å². The van der Waals surface area contributed by atoms with E-state index < -0.39 is 0 Å². The molecule has 0 aliphatic rings. The van der Waals surface area contributed by atoms with Crippen molar-refractivity contribution in [3.05, 3.63) is 33.1 Å². The van der Waals surface area contributed by atoms with Crippen LogP contribution in [0.15, 0.2) is 18.2 Å². The Morgan fingerprint density at radius 2 is 1.59 bits per heavy atom. The minimum Gasteiger partial charge on any atom is -0.467 e. The van der Waals surface area contributed by atoms with Crippen molar-refractivity contribution in [1.29, 1.82) is 0 Å². The van der Waals surface area contributed by atoms with E-state index >= 15 is 0 Å². The van der Waals surface area contributed by atoms with Crippen molar-refractivity contribution in [1.82, 2.24) is 0 Å². The highest BCUT2D eigenvalue weighted by Gasteiger charge is 2.18. The van der Waals surface area contributed by atoms with Crippen molar-refractivity contribution < 1.29 is 9.47 Å². The molecule has 120 valence electrons. The highest BCUT2D eigenvalue weighted by atomic mass is 32.9. The zero-order valence-electron chi connectivity index (χ0n) is 13.6. The van der Waals surface area contributed by atoms with Crippen molar-refractivity contribution in [2.45, 2.75) is 39.5 Å². The van der Waals surface area contributed by atoms with E-state index in [-0.39, 0.29) is 6.79 Å². The second-order valence-electron chi connectivity index (χ2n) is 5.84. The molecule has 0 atom stereocenters. The van der Waals surface area contributed by atoms with E-state index in [4.69, 9.17) is 21.7 Å². The largest absolute Gasteiger partial charge is 0.467 e. The monoisotopic (exact) mass is 354 g/mol. The van der Waals surface area contributed by atoms with Gasteiger partial charge in [0.2, 0.25) is 0 Å². The third-order valence-corrected chi connectivity index (χ3v) is 6.37. The average Bonchev–Trinajstić information content (AvgIpc) is 2.90. The summed E-state index contributed by atoms with van der Waals surface area (Å²) in [5.74, 6) is 1.74. The molecule has 0 saturated heterocycles. The molecular formula is C17H22O2S3. The van der Waals surface area contributed by atoms with Gasteiger partial charge in [0.05, 0.1) is 0 Å². The van der Waals surface area contributed by atoms with E-state index in [0.717, 1.165) is 9.57 Å². The van der Waals surface area contributed by atoms with Gasteiger partial charge in [-0.05, 0) is 46.7 Å². The molecule has 0 fully saturated rings. The Bertz CT molecular complexity index is 654. The smallest absolute Gasteiger partial charge is 0.188 e. The summed E-state index contributed by atoms with van der Waals surface area (Å²) in [5, 5.41) is 0. The van der Waals surface area contributed by atoms with Crippen LogP contribution in [0, 0.1) is 3.82 Å². The number of rotatable bonds is 6. The van der Waals surface area contributed by atoms with Gasteiger partial charge in [-0.2, -0.15) is 0 Å². The van der Waals surface area contributed by atoms with Crippen LogP contribution in [0.4, 0.5) is 0 Å². The lowest BCUT2D eigenvalue weighted by Gasteiger charge is -2.21. The lowest BCUT2D eigenvalue weighted by molar-refractivity contribution is 0.0494. The summed E-state index contributed by atoms with van der Waals surface area (Å²) in [5.41, 5.74) is 3.68. The van der Waals surface area contributed by atoms with Crippen LogP contribution in [0.5, 0.6) is 5.75 Å². The molecule has 0 amide bonds. The lowest BCUT2D eigenvalue weighted by Crippen LogP contribution is -2.07. The summed E-state index contributed by atoms with van der Waals surface area (Å²) < 4.78 is 11.9. The molecule has 2 aromatic rings. The molecule has 0 aliphatic carbocycles. The molecule has 2 rings (SSSR count). The maximum absolute atomic E-state index is 5.90. The van der Waals surface area contributed by atoms with Crippen LogP contribution in [0.2, 0.25) is 0 Å². The van der Waals surface area contributed by atoms with Gasteiger partial charge in [-0.25, -0.2) is 0 Å². The predicted molar refractivity (Wildman–Crippen MR) is 99.1 cm³/mol. The van der Waals surface area contributed by atoms with Crippen LogP contribution in [0.3, 0.4) is 0 Å². The highest BCUT2D eigenvalue weighted by molar-refractivity contribution is 7.80. The maximum atomic E-state index is 5.90. The van der Waals surface area contributed by atoms with Crippen molar-refractivity contribution in [3.8, 4) is 16.2 Å². The van der Waals surface area contributed by atoms with Gasteiger partial charge >= 0.3 is 0 Å². The maximum Gasteiger partial charge on any atom is 0.188 e. The Morgan fingerprint density at radius 3 is 2.00 bits per heavy atom. The number of methoxy groups -OCH3 is 1. The van der Waals surface area contributed by atoms with Gasteiger partial charge < -0.3 is 9.47 Å². The topological polar surface area (TPSA) is 18.5 Å². The Labute approximate surface area is 145 Å². The Kier molecular flexibility index (Phi) is 6.15. The van der Waals surface area contributed by atoms with Crippen LogP contribution in [-0.2, 0) is 4.74 Å². The first-order chi connectivity index (χ1) is 10.4. The molecule has 0 saturated carbocycles. The van der Waals surface area contributed by atoms with E-state index in [9.17, 15) is 0 Å². The van der Waals surface area contributed by atoms with E-state index in [1.807, 2.05) is 0 Å². The van der Waals surface area contributed by atoms with Crippen molar-refractivity contribution in [3.63, 3.8) is 0 Å². The van der Waals surface area contributed by atoms with Gasteiger partial charge in [-0.1, -0.05) is 60.6 Å². The van der Waals surface area contributed by atoms with Crippen LogP contribution < -0.4 is 4.74 Å². The fourth-order valence-electron chi connectivity index (χ4n) is 2.33. The minimum absolute atomic E-state index is 0.274. The first kappa shape index (κ1) is 17.6. The summed E-state index contributed by atoms with van der Waals surface area (Å²) in [6.45, 7) is 9.05. The standard InChI is InChI=1S/C17H22O2S3/c1-10(2)13-6-12(15-8-16(20)22-21-15)7-14(11(3)4)17(13)19-9-18-5/h6-8,10-11H,9H2,1-5H3. The molecule has 0 N–H and O–H groups in total. The number of benzene rings is 1. The van der Waals surface area contributed by atoms with E-state index in [1.165, 1.54) is 21.6 Å². The summed E-state index contributed by atoms with van der Waals surface area (Å²) in [6, 6.07) is 6.55. The predicted octanol–water partition coefficient (Wildman–Crippen LogP) is 6.44. The second-order valence-corrected chi connectivity index (χ2v) is 8.75. The fourth-order valence-corrected chi connectivity index (χ4v) is 4.72. The molecule has 2 nitrogen and oxygen atoms in total. The second kappa shape index (κ2) is 7.68. The molecule has 22 heavy (non-hydrogen) atoms. The van der Waals surface area contributed by atoms with Crippen LogP contribution >= 0.6 is 32.9 Å². The molecule has 0 bridgehead atoms. The molecule has 1 aromatic carbocycles. The summed E-state index contributed by atoms with van der Waals surface area (Å²) in [6.07, 6.45) is 0. The van der Waals surface area contributed by atoms with E-state index in [1.54, 1.807) is 27.8 Å². The Hall–Kier alpha value is -0.750. The third-order valence-electron chi connectivity index (χ3n) is 3.46. The van der Waals surface area contributed by atoms with E-state index in [0.29, 0.717) is 11.8 Å². The quantitative estimate of drug-likeness (QED) is 0.338. The van der Waals surface area contributed by atoms with Crippen LogP contribution in [-0.4, -0.2) is 13.9 Å². The van der Waals surface area contributed by atoms with Gasteiger partial charge in [-0.3, -0.25) is 0 Å². The van der Waals surface area contributed by atoms with Crippen LogP contribution in [0.25, 0.3) is 10.4 Å². The van der Waals surface area contributed by atoms with Gasteiger partial charge in [0, 0.05) is 12.0 Å². The molecule has 0 spiro atoms. The Morgan fingerprint density at radius 1 is 1.00 bits per heavy atom. The highest BCUT2D eigenvalue weighted by Crippen LogP contribution is 2.40. The number of hydrogen-bond acceptors (Lipinski definition) is 5. The average molecular weight is 355 g/mol. The summed E-state index contributed by atoms with van der Waals surface area (Å²) >= 11 is 5.27. The van der Waals surface area contributed by atoms with Gasteiger partial charge in [-0.15, -0.1) is 0 Å². The molecule has 1 heterocycles. The minimum atomic E-state index is 0.274. The number of hydrogen-bond donors (Lipinski definition) is 0. The van der Waals surface area contributed by atoms with Crippen LogP contribution in [0.1, 0.15) is 50.7 Å². The summed E-state index contributed by atoms with van der Waals surface area (Å²) in [4.78, 5) is 1.23. The zero-order chi connectivity index (χ0) is 16.3. The molecule has 0 aliphatic heterocycles. The van der Waals surface area contributed by atoms with E-state index in [2.05, 4.69) is 45.9 Å². The van der Waals surface area contributed by atoms with Crippen molar-refractivity contribution in [2.24, 2.45) is 0 Å². The molecule has 0 unspecified atom stereocenters. The number of ether oxygens (including phenoxy) is 2. The molecular weight excluding hydrogens is 332 g/mol. The SMILES string of the molecule is COCOc1c(C(C)C)cc(-c2cc(=S)ss2)cc1C(C)C. The lowest BCUT2D eigenvalue weighted by atomic mass is 9.91. The van der Waals surface area contributed by atoms with Gasteiger partial charge in [0.1, 0.15) is 9.57 Å². The normalized spacial score (nSPS) is 11.4. The first-order valence-corrected chi connectivity index (χ1v) is 9.90. The fraction of sp³-hybridized carbons (Fsp3) is 0.471. The zero-order valence-corrected chi connectivity index (χ0v) is 16.1. The van der Waals surface area contributed by atoms with Gasteiger partial charge in [0.15, 0.2) is 6.79 Å². The van der Waals surface area contributed by atoms with Crippen molar-refractivity contribution >= 4 is 32.9 Å². The molecule has 1 aromatic heterocycles. The summed E-state index contributed by atoms with van der Waals surface area (Å²) in [7, 11) is 5.04. The molecule has 5 heteroatoms. The third kappa shape index (κ3) is 3.96. The molecule has 0 radical (unpaired) electrons. The Balaban J connectivity index is 2.61. The van der Waals surface area contributed by atoms with Gasteiger partial charge in [0.25, 0.3) is 0 Å². The first-order valence-electron chi connectivity index (χ1n) is 7.34.